The summed E-state index contributed by atoms with van der Waals surface area (Å²) in [5.41, 5.74) is 1.23. The minimum atomic E-state index is -0.304. The molecular formula is C14H19FN2O. The van der Waals surface area contributed by atoms with Crippen LogP contribution in [0, 0.1) is 18.7 Å². The molecule has 0 bridgehead atoms. The van der Waals surface area contributed by atoms with Gasteiger partial charge in [-0.2, -0.15) is 0 Å². The molecule has 4 heteroatoms. The average molecular weight is 250 g/mol. The van der Waals surface area contributed by atoms with Crippen LogP contribution in [0.2, 0.25) is 0 Å². The van der Waals surface area contributed by atoms with Gasteiger partial charge >= 0.3 is 0 Å². The molecule has 1 aromatic rings. The first kappa shape index (κ1) is 13.0. The zero-order valence-electron chi connectivity index (χ0n) is 10.9. The van der Waals surface area contributed by atoms with Crippen molar-refractivity contribution in [1.82, 2.24) is 10.2 Å². The second kappa shape index (κ2) is 5.48. The van der Waals surface area contributed by atoms with Gasteiger partial charge in [0.15, 0.2) is 0 Å². The molecule has 98 valence electrons. The molecule has 1 aromatic carbocycles. The van der Waals surface area contributed by atoms with E-state index in [9.17, 15) is 9.18 Å². The van der Waals surface area contributed by atoms with E-state index >= 15 is 0 Å². The molecule has 1 fully saturated rings. The summed E-state index contributed by atoms with van der Waals surface area (Å²) in [5, 5.41) is 2.93. The van der Waals surface area contributed by atoms with Crippen molar-refractivity contribution in [3.63, 3.8) is 0 Å². The minimum absolute atomic E-state index is 0.109. The molecule has 3 nitrogen and oxygen atoms in total. The molecule has 0 aliphatic carbocycles. The predicted octanol–water partition coefficient (Wildman–Crippen LogP) is 1.82. The third-order valence-corrected chi connectivity index (χ3v) is 3.47. The zero-order valence-corrected chi connectivity index (χ0v) is 10.9. The van der Waals surface area contributed by atoms with Crippen LogP contribution in [-0.2, 0) is 0 Å². The van der Waals surface area contributed by atoms with E-state index in [1.165, 1.54) is 12.1 Å². The molecule has 1 atom stereocenters. The van der Waals surface area contributed by atoms with E-state index in [4.69, 9.17) is 0 Å². The number of carbonyl (C=O) groups excluding carboxylic acids is 1. The summed E-state index contributed by atoms with van der Waals surface area (Å²) in [6, 6.07) is 4.25. The first-order chi connectivity index (χ1) is 8.56. The summed E-state index contributed by atoms with van der Waals surface area (Å²) < 4.78 is 12.9. The summed E-state index contributed by atoms with van der Waals surface area (Å²) in [6.45, 7) is 4.57. The number of likely N-dealkylation sites (tertiary alicyclic amines) is 1. The molecule has 1 saturated heterocycles. The number of benzene rings is 1. The Hall–Kier alpha value is -1.42. The number of hydrogen-bond acceptors (Lipinski definition) is 2. The Morgan fingerprint density at radius 2 is 2.33 bits per heavy atom. The van der Waals surface area contributed by atoms with E-state index in [0.717, 1.165) is 19.5 Å². The Bertz CT molecular complexity index is 447. The van der Waals surface area contributed by atoms with Gasteiger partial charge in [0.05, 0.1) is 0 Å². The molecule has 1 aliphatic rings. The van der Waals surface area contributed by atoms with Crippen molar-refractivity contribution in [1.29, 1.82) is 0 Å². The highest BCUT2D eigenvalue weighted by Gasteiger charge is 2.20. The standard InChI is InChI=1S/C14H19FN2O/c1-10-7-12(15)3-4-13(10)14(18)16-8-11-5-6-17(2)9-11/h3-4,7,11H,5-6,8-9H2,1-2H3,(H,16,18). The number of rotatable bonds is 3. The number of carbonyl (C=O) groups is 1. The maximum Gasteiger partial charge on any atom is 0.251 e. The van der Waals surface area contributed by atoms with Gasteiger partial charge in [0.25, 0.3) is 5.91 Å². The third-order valence-electron chi connectivity index (χ3n) is 3.47. The van der Waals surface area contributed by atoms with E-state index in [1.54, 1.807) is 13.0 Å². The summed E-state index contributed by atoms with van der Waals surface area (Å²) in [4.78, 5) is 14.2. The van der Waals surface area contributed by atoms with Crippen LogP contribution < -0.4 is 5.32 Å². The highest BCUT2D eigenvalue weighted by atomic mass is 19.1. The highest BCUT2D eigenvalue weighted by molar-refractivity contribution is 5.95. The van der Waals surface area contributed by atoms with Crippen LogP contribution in [0.15, 0.2) is 18.2 Å². The quantitative estimate of drug-likeness (QED) is 0.887. The van der Waals surface area contributed by atoms with Crippen molar-refractivity contribution < 1.29 is 9.18 Å². The van der Waals surface area contributed by atoms with E-state index < -0.39 is 0 Å². The van der Waals surface area contributed by atoms with Gasteiger partial charge in [-0.25, -0.2) is 4.39 Å². The fourth-order valence-electron chi connectivity index (χ4n) is 2.41. The SMILES string of the molecule is Cc1cc(F)ccc1C(=O)NCC1CCN(C)C1. The van der Waals surface area contributed by atoms with E-state index in [2.05, 4.69) is 17.3 Å². The molecule has 1 amide bonds. The van der Waals surface area contributed by atoms with Crippen molar-refractivity contribution in [3.8, 4) is 0 Å². The summed E-state index contributed by atoms with van der Waals surface area (Å²) in [6.07, 6.45) is 1.12. The molecule has 0 radical (unpaired) electrons. The van der Waals surface area contributed by atoms with Crippen LogP contribution in [0.3, 0.4) is 0 Å². The second-order valence-electron chi connectivity index (χ2n) is 5.09. The van der Waals surface area contributed by atoms with Gasteiger partial charge in [-0.1, -0.05) is 0 Å². The van der Waals surface area contributed by atoms with Gasteiger partial charge in [0, 0.05) is 18.7 Å². The lowest BCUT2D eigenvalue weighted by Crippen LogP contribution is -2.30. The van der Waals surface area contributed by atoms with Gasteiger partial charge in [-0.05, 0) is 56.6 Å². The van der Waals surface area contributed by atoms with Crippen LogP contribution >= 0.6 is 0 Å². The molecule has 0 aromatic heterocycles. The predicted molar refractivity (Wildman–Crippen MR) is 69.1 cm³/mol. The minimum Gasteiger partial charge on any atom is -0.352 e. The first-order valence-corrected chi connectivity index (χ1v) is 6.29. The molecule has 0 saturated carbocycles. The van der Waals surface area contributed by atoms with Gasteiger partial charge in [-0.3, -0.25) is 4.79 Å². The molecule has 0 spiro atoms. The van der Waals surface area contributed by atoms with Crippen molar-refractivity contribution in [2.45, 2.75) is 13.3 Å². The lowest BCUT2D eigenvalue weighted by atomic mass is 10.1. The molecule has 1 aliphatic heterocycles. The highest BCUT2D eigenvalue weighted by Crippen LogP contribution is 2.14. The third kappa shape index (κ3) is 3.07. The fourth-order valence-corrected chi connectivity index (χ4v) is 2.41. The monoisotopic (exact) mass is 250 g/mol. The van der Waals surface area contributed by atoms with Gasteiger partial charge in [0.2, 0.25) is 0 Å². The maximum atomic E-state index is 12.9. The molecule has 18 heavy (non-hydrogen) atoms. The van der Waals surface area contributed by atoms with Crippen molar-refractivity contribution in [3.05, 3.63) is 35.1 Å². The van der Waals surface area contributed by atoms with Crippen LogP contribution in [0.25, 0.3) is 0 Å². The Balaban J connectivity index is 1.91. The van der Waals surface area contributed by atoms with Crippen LogP contribution in [0.1, 0.15) is 22.3 Å². The van der Waals surface area contributed by atoms with E-state index in [1.807, 2.05) is 0 Å². The Kier molecular flexibility index (Phi) is 3.97. The number of hydrogen-bond donors (Lipinski definition) is 1. The molecular weight excluding hydrogens is 231 g/mol. The number of halogens is 1. The second-order valence-corrected chi connectivity index (χ2v) is 5.09. The zero-order chi connectivity index (χ0) is 13.1. The van der Waals surface area contributed by atoms with Gasteiger partial charge in [-0.15, -0.1) is 0 Å². The number of nitrogens with one attached hydrogen (secondary N) is 1. The number of nitrogens with zero attached hydrogens (tertiary/aromatic N) is 1. The largest absolute Gasteiger partial charge is 0.352 e. The van der Waals surface area contributed by atoms with Crippen molar-refractivity contribution in [2.75, 3.05) is 26.7 Å². The Labute approximate surface area is 107 Å². The Morgan fingerprint density at radius 3 is 2.94 bits per heavy atom. The maximum absolute atomic E-state index is 12.9. The molecule has 1 N–H and O–H groups in total. The summed E-state index contributed by atoms with van der Waals surface area (Å²) in [5.74, 6) is 0.114. The van der Waals surface area contributed by atoms with Crippen molar-refractivity contribution >= 4 is 5.91 Å². The van der Waals surface area contributed by atoms with Crippen LogP contribution in [0.4, 0.5) is 4.39 Å². The molecule has 1 unspecified atom stereocenters. The van der Waals surface area contributed by atoms with Crippen LogP contribution in [0.5, 0.6) is 0 Å². The molecule has 2 rings (SSSR count). The fraction of sp³-hybridized carbons (Fsp3) is 0.500. The smallest absolute Gasteiger partial charge is 0.251 e. The normalized spacial score (nSPS) is 20.1. The van der Waals surface area contributed by atoms with Crippen molar-refractivity contribution in [2.24, 2.45) is 5.92 Å². The van der Waals surface area contributed by atoms with Gasteiger partial charge in [0.1, 0.15) is 5.82 Å². The molecule has 1 heterocycles. The van der Waals surface area contributed by atoms with E-state index in [0.29, 0.717) is 23.6 Å². The van der Waals surface area contributed by atoms with Gasteiger partial charge < -0.3 is 10.2 Å². The topological polar surface area (TPSA) is 32.3 Å². The average Bonchev–Trinajstić information content (AvgIpc) is 2.72. The Morgan fingerprint density at radius 1 is 1.56 bits per heavy atom. The van der Waals surface area contributed by atoms with Crippen LogP contribution in [-0.4, -0.2) is 37.5 Å². The summed E-state index contributed by atoms with van der Waals surface area (Å²) >= 11 is 0. The van der Waals surface area contributed by atoms with E-state index in [-0.39, 0.29) is 11.7 Å². The first-order valence-electron chi connectivity index (χ1n) is 6.29. The summed E-state index contributed by atoms with van der Waals surface area (Å²) in [7, 11) is 2.09. The lowest BCUT2D eigenvalue weighted by Gasteiger charge is -2.12. The lowest BCUT2D eigenvalue weighted by molar-refractivity contribution is 0.0947. The number of aryl methyl sites for hydroxylation is 1. The number of amides is 1.